The van der Waals surface area contributed by atoms with Gasteiger partial charge in [0.25, 0.3) is 0 Å². The Balaban J connectivity index is 2.18. The zero-order valence-electron chi connectivity index (χ0n) is 10.8. The fraction of sp³-hybridized carbons (Fsp3) is 0.200. The van der Waals surface area contributed by atoms with Crippen LogP contribution in [0.4, 0.5) is 0 Å². The van der Waals surface area contributed by atoms with Gasteiger partial charge in [0.1, 0.15) is 17.2 Å². The molecule has 0 fully saturated rings. The van der Waals surface area contributed by atoms with Crippen LogP contribution in [-0.2, 0) is 0 Å². The number of hydrogen-bond donors (Lipinski definition) is 1. The first-order chi connectivity index (χ1) is 9.10. The third-order valence-electron chi connectivity index (χ3n) is 2.73. The number of aliphatic hydroxyl groups excluding tert-OH is 1. The van der Waals surface area contributed by atoms with Crippen LogP contribution >= 0.6 is 11.6 Å². The molecule has 0 heterocycles. The maximum atomic E-state index is 9.47. The number of hydrogen-bond acceptors (Lipinski definition) is 3. The highest BCUT2D eigenvalue weighted by Gasteiger charge is 2.07. The Bertz CT molecular complexity index is 550. The van der Waals surface area contributed by atoms with Crippen molar-refractivity contribution in [1.82, 2.24) is 0 Å². The molecule has 0 saturated heterocycles. The minimum Gasteiger partial charge on any atom is -0.497 e. The van der Waals surface area contributed by atoms with Gasteiger partial charge in [0.2, 0.25) is 0 Å². The summed E-state index contributed by atoms with van der Waals surface area (Å²) in [6, 6.07) is 12.5. The average Bonchev–Trinajstić information content (AvgIpc) is 2.41. The van der Waals surface area contributed by atoms with Crippen LogP contribution in [0.3, 0.4) is 0 Å². The standard InChI is InChI=1S/C15H15ClO3/c1-10(17)11-3-8-15(14(16)9-11)19-13-6-4-12(18-2)5-7-13/h3-10,17H,1-2H3. The van der Waals surface area contributed by atoms with Crippen LogP contribution in [0.25, 0.3) is 0 Å². The van der Waals surface area contributed by atoms with Gasteiger partial charge in [0.15, 0.2) is 0 Å². The monoisotopic (exact) mass is 278 g/mol. The molecule has 0 amide bonds. The van der Waals surface area contributed by atoms with Crippen LogP contribution in [0.1, 0.15) is 18.6 Å². The molecule has 0 radical (unpaired) electrons. The zero-order chi connectivity index (χ0) is 13.8. The molecule has 0 aliphatic carbocycles. The highest BCUT2D eigenvalue weighted by molar-refractivity contribution is 6.32. The van der Waals surface area contributed by atoms with Gasteiger partial charge in [-0.15, -0.1) is 0 Å². The van der Waals surface area contributed by atoms with E-state index in [2.05, 4.69) is 0 Å². The van der Waals surface area contributed by atoms with Gasteiger partial charge >= 0.3 is 0 Å². The predicted octanol–water partition coefficient (Wildman–Crippen LogP) is 4.19. The first-order valence-corrected chi connectivity index (χ1v) is 6.27. The van der Waals surface area contributed by atoms with Crippen LogP contribution in [0.15, 0.2) is 42.5 Å². The van der Waals surface area contributed by atoms with Crippen LogP contribution < -0.4 is 9.47 Å². The molecule has 2 aromatic carbocycles. The van der Waals surface area contributed by atoms with E-state index in [0.717, 1.165) is 11.3 Å². The maximum Gasteiger partial charge on any atom is 0.146 e. The Labute approximate surface area is 117 Å². The fourth-order valence-electron chi connectivity index (χ4n) is 1.63. The second kappa shape index (κ2) is 5.95. The van der Waals surface area contributed by atoms with E-state index in [0.29, 0.717) is 16.5 Å². The smallest absolute Gasteiger partial charge is 0.146 e. The molecule has 19 heavy (non-hydrogen) atoms. The van der Waals surface area contributed by atoms with Gasteiger partial charge in [-0.1, -0.05) is 17.7 Å². The van der Waals surface area contributed by atoms with Crippen molar-refractivity contribution in [3.05, 3.63) is 53.1 Å². The Hall–Kier alpha value is -1.71. The van der Waals surface area contributed by atoms with Crippen molar-refractivity contribution in [2.45, 2.75) is 13.0 Å². The fourth-order valence-corrected chi connectivity index (χ4v) is 1.86. The van der Waals surface area contributed by atoms with Crippen LogP contribution in [0.2, 0.25) is 5.02 Å². The van der Waals surface area contributed by atoms with E-state index >= 15 is 0 Å². The highest BCUT2D eigenvalue weighted by Crippen LogP contribution is 2.32. The summed E-state index contributed by atoms with van der Waals surface area (Å²) in [7, 11) is 1.61. The lowest BCUT2D eigenvalue weighted by atomic mass is 10.1. The zero-order valence-corrected chi connectivity index (χ0v) is 11.5. The molecule has 4 heteroatoms. The Morgan fingerprint density at radius 2 is 1.68 bits per heavy atom. The lowest BCUT2D eigenvalue weighted by Gasteiger charge is -2.11. The summed E-state index contributed by atoms with van der Waals surface area (Å²) in [5, 5.41) is 9.94. The minimum absolute atomic E-state index is 0.467. The second-order valence-electron chi connectivity index (χ2n) is 4.14. The predicted molar refractivity (Wildman–Crippen MR) is 75.2 cm³/mol. The molecule has 100 valence electrons. The summed E-state index contributed by atoms with van der Waals surface area (Å²) >= 11 is 6.12. The lowest BCUT2D eigenvalue weighted by molar-refractivity contribution is 0.199. The first kappa shape index (κ1) is 13.7. The molecular formula is C15H15ClO3. The topological polar surface area (TPSA) is 38.7 Å². The number of rotatable bonds is 4. The van der Waals surface area contributed by atoms with Gasteiger partial charge in [-0.05, 0) is 48.9 Å². The summed E-state index contributed by atoms with van der Waals surface area (Å²) in [6.07, 6.45) is -0.549. The molecule has 0 spiro atoms. The highest BCUT2D eigenvalue weighted by atomic mass is 35.5. The SMILES string of the molecule is COc1ccc(Oc2ccc(C(C)O)cc2Cl)cc1. The van der Waals surface area contributed by atoms with Gasteiger partial charge < -0.3 is 14.6 Å². The van der Waals surface area contributed by atoms with E-state index in [1.165, 1.54) is 0 Å². The first-order valence-electron chi connectivity index (χ1n) is 5.89. The largest absolute Gasteiger partial charge is 0.497 e. The number of halogens is 1. The summed E-state index contributed by atoms with van der Waals surface area (Å²) in [5.74, 6) is 1.99. The number of methoxy groups -OCH3 is 1. The van der Waals surface area contributed by atoms with E-state index in [1.807, 2.05) is 12.1 Å². The van der Waals surface area contributed by atoms with Gasteiger partial charge in [-0.2, -0.15) is 0 Å². The van der Waals surface area contributed by atoms with E-state index in [9.17, 15) is 5.11 Å². The normalized spacial score (nSPS) is 12.0. The molecule has 0 aliphatic rings. The lowest BCUT2D eigenvalue weighted by Crippen LogP contribution is -1.92. The van der Waals surface area contributed by atoms with Crippen LogP contribution in [0, 0.1) is 0 Å². The minimum atomic E-state index is -0.549. The van der Waals surface area contributed by atoms with Crippen LogP contribution in [0.5, 0.6) is 17.2 Å². The van der Waals surface area contributed by atoms with Gasteiger partial charge in [0.05, 0.1) is 18.2 Å². The average molecular weight is 279 g/mol. The molecule has 0 aromatic heterocycles. The Morgan fingerprint density at radius 3 is 2.21 bits per heavy atom. The second-order valence-corrected chi connectivity index (χ2v) is 4.55. The number of ether oxygens (including phenoxy) is 2. The molecule has 0 bridgehead atoms. The molecule has 0 aliphatic heterocycles. The molecule has 0 saturated carbocycles. The Morgan fingerprint density at radius 1 is 1.05 bits per heavy atom. The van der Waals surface area contributed by atoms with Crippen molar-refractivity contribution in [3.8, 4) is 17.2 Å². The van der Waals surface area contributed by atoms with Crippen molar-refractivity contribution in [2.24, 2.45) is 0 Å². The molecule has 1 unspecified atom stereocenters. The van der Waals surface area contributed by atoms with E-state index in [4.69, 9.17) is 21.1 Å². The van der Waals surface area contributed by atoms with Gasteiger partial charge in [-0.3, -0.25) is 0 Å². The third kappa shape index (κ3) is 3.40. The molecular weight excluding hydrogens is 264 g/mol. The van der Waals surface area contributed by atoms with Crippen molar-refractivity contribution in [1.29, 1.82) is 0 Å². The third-order valence-corrected chi connectivity index (χ3v) is 3.02. The van der Waals surface area contributed by atoms with Crippen molar-refractivity contribution in [3.63, 3.8) is 0 Å². The number of aliphatic hydroxyl groups is 1. The van der Waals surface area contributed by atoms with Crippen molar-refractivity contribution in [2.75, 3.05) is 7.11 Å². The van der Waals surface area contributed by atoms with Gasteiger partial charge in [-0.25, -0.2) is 0 Å². The van der Waals surface area contributed by atoms with Crippen molar-refractivity contribution < 1.29 is 14.6 Å². The van der Waals surface area contributed by atoms with E-state index in [-0.39, 0.29) is 0 Å². The molecule has 1 N–H and O–H groups in total. The van der Waals surface area contributed by atoms with Crippen molar-refractivity contribution >= 4 is 11.6 Å². The molecule has 2 aromatic rings. The summed E-state index contributed by atoms with van der Waals surface area (Å²) in [4.78, 5) is 0. The van der Waals surface area contributed by atoms with Gasteiger partial charge in [0, 0.05) is 0 Å². The summed E-state index contributed by atoms with van der Waals surface area (Å²) < 4.78 is 10.8. The maximum absolute atomic E-state index is 9.47. The molecule has 2 rings (SSSR count). The van der Waals surface area contributed by atoms with E-state index < -0.39 is 6.10 Å². The molecule has 1 atom stereocenters. The summed E-state index contributed by atoms with van der Waals surface area (Å²) in [6.45, 7) is 1.69. The van der Waals surface area contributed by atoms with E-state index in [1.54, 1.807) is 44.4 Å². The number of benzene rings is 2. The van der Waals surface area contributed by atoms with Crippen LogP contribution in [-0.4, -0.2) is 12.2 Å². The Kier molecular flexibility index (Phi) is 4.30. The summed E-state index contributed by atoms with van der Waals surface area (Å²) in [5.41, 5.74) is 0.757. The quantitative estimate of drug-likeness (QED) is 0.911. The molecule has 3 nitrogen and oxygen atoms in total.